The first-order chi connectivity index (χ1) is 14.1. The van der Waals surface area contributed by atoms with Crippen LogP contribution in [0.5, 0.6) is 11.5 Å². The standard InChI is InChI=1S/C23H30N2O5/c1-14(13-19(26)21-22(27)20(29-6)11-12-24-21)23(28)30-16(3)15(2)17-7-9-18(10-8-17)25(4)5/h7-12,14-16,27H,13H2,1-6H3/t14-,15-,16+/m1/s1. The fraction of sp³-hybridized carbons (Fsp3) is 0.435. The first kappa shape index (κ1) is 23.2. The molecule has 0 amide bonds. The van der Waals surface area contributed by atoms with Crippen LogP contribution in [0.4, 0.5) is 5.69 Å². The first-order valence-corrected chi connectivity index (χ1v) is 9.88. The van der Waals surface area contributed by atoms with Crippen LogP contribution in [0, 0.1) is 5.92 Å². The van der Waals surface area contributed by atoms with E-state index in [2.05, 4.69) is 4.98 Å². The van der Waals surface area contributed by atoms with Crippen LogP contribution in [0.2, 0.25) is 0 Å². The molecule has 2 rings (SSSR count). The molecule has 0 aliphatic rings. The number of esters is 1. The van der Waals surface area contributed by atoms with Gasteiger partial charge in [0.15, 0.2) is 23.0 Å². The number of benzene rings is 1. The molecule has 1 aromatic carbocycles. The highest BCUT2D eigenvalue weighted by Crippen LogP contribution is 2.29. The Balaban J connectivity index is 1.98. The molecular weight excluding hydrogens is 384 g/mol. The molecule has 0 fully saturated rings. The number of aromatic nitrogens is 1. The van der Waals surface area contributed by atoms with Crippen molar-refractivity contribution in [1.29, 1.82) is 0 Å². The quantitative estimate of drug-likeness (QED) is 0.493. The summed E-state index contributed by atoms with van der Waals surface area (Å²) in [4.78, 5) is 30.9. The predicted octanol–water partition coefficient (Wildman–Crippen LogP) is 3.81. The van der Waals surface area contributed by atoms with E-state index in [1.54, 1.807) is 6.92 Å². The number of Topliss-reactive ketones (excluding diaryl/α,β-unsaturated/α-hetero) is 1. The van der Waals surface area contributed by atoms with Gasteiger partial charge in [-0.2, -0.15) is 0 Å². The van der Waals surface area contributed by atoms with Crippen molar-refractivity contribution in [3.8, 4) is 11.5 Å². The molecule has 162 valence electrons. The predicted molar refractivity (Wildman–Crippen MR) is 115 cm³/mol. The van der Waals surface area contributed by atoms with E-state index >= 15 is 0 Å². The van der Waals surface area contributed by atoms with E-state index < -0.39 is 17.7 Å². The Morgan fingerprint density at radius 3 is 2.30 bits per heavy atom. The third-order valence-corrected chi connectivity index (χ3v) is 5.21. The molecule has 0 saturated heterocycles. The van der Waals surface area contributed by atoms with Crippen LogP contribution >= 0.6 is 0 Å². The van der Waals surface area contributed by atoms with Gasteiger partial charge in [-0.05, 0) is 24.6 Å². The summed E-state index contributed by atoms with van der Waals surface area (Å²) >= 11 is 0. The first-order valence-electron chi connectivity index (χ1n) is 9.88. The number of hydrogen-bond acceptors (Lipinski definition) is 7. The van der Waals surface area contributed by atoms with Gasteiger partial charge in [0.2, 0.25) is 0 Å². The van der Waals surface area contributed by atoms with E-state index in [-0.39, 0.29) is 35.6 Å². The molecule has 1 heterocycles. The van der Waals surface area contributed by atoms with Crippen molar-refractivity contribution in [2.45, 2.75) is 39.2 Å². The van der Waals surface area contributed by atoms with E-state index in [0.29, 0.717) is 0 Å². The number of carbonyl (C=O) groups is 2. The fourth-order valence-corrected chi connectivity index (χ4v) is 3.01. The number of carbonyl (C=O) groups excluding carboxylic acids is 2. The zero-order valence-electron chi connectivity index (χ0n) is 18.4. The molecule has 0 unspecified atom stereocenters. The zero-order chi connectivity index (χ0) is 22.4. The molecule has 0 aliphatic carbocycles. The normalized spacial score (nSPS) is 13.8. The number of pyridine rings is 1. The highest BCUT2D eigenvalue weighted by molar-refractivity contribution is 5.99. The molecule has 0 bridgehead atoms. The molecule has 30 heavy (non-hydrogen) atoms. The molecule has 0 spiro atoms. The topological polar surface area (TPSA) is 89.0 Å². The van der Waals surface area contributed by atoms with Gasteiger partial charge >= 0.3 is 5.97 Å². The Hall–Kier alpha value is -3.09. The number of ketones is 1. The van der Waals surface area contributed by atoms with Crippen LogP contribution in [-0.4, -0.2) is 49.2 Å². The summed E-state index contributed by atoms with van der Waals surface area (Å²) in [7, 11) is 5.35. The lowest BCUT2D eigenvalue weighted by atomic mass is 9.95. The number of anilines is 1. The maximum atomic E-state index is 12.5. The van der Waals surface area contributed by atoms with Crippen LogP contribution in [0.25, 0.3) is 0 Å². The lowest BCUT2D eigenvalue weighted by Gasteiger charge is -2.23. The average Bonchev–Trinajstić information content (AvgIpc) is 2.73. The Morgan fingerprint density at radius 1 is 1.10 bits per heavy atom. The SMILES string of the molecule is COc1ccnc(C(=O)C[C@@H](C)C(=O)O[C@@H](C)[C@@H](C)c2ccc(N(C)C)cc2)c1O. The highest BCUT2D eigenvalue weighted by Gasteiger charge is 2.26. The summed E-state index contributed by atoms with van der Waals surface area (Å²) in [5.41, 5.74) is 2.05. The highest BCUT2D eigenvalue weighted by atomic mass is 16.5. The van der Waals surface area contributed by atoms with Gasteiger partial charge in [0.1, 0.15) is 6.10 Å². The maximum absolute atomic E-state index is 12.5. The van der Waals surface area contributed by atoms with E-state index in [1.165, 1.54) is 19.4 Å². The van der Waals surface area contributed by atoms with Gasteiger partial charge in [-0.15, -0.1) is 0 Å². The van der Waals surface area contributed by atoms with Crippen LogP contribution < -0.4 is 9.64 Å². The third kappa shape index (κ3) is 5.49. The molecule has 3 atom stereocenters. The van der Waals surface area contributed by atoms with Gasteiger partial charge in [0, 0.05) is 44.4 Å². The molecule has 2 aromatic rings. The van der Waals surface area contributed by atoms with Gasteiger partial charge in [0.05, 0.1) is 13.0 Å². The number of hydrogen-bond donors (Lipinski definition) is 1. The molecule has 7 nitrogen and oxygen atoms in total. The van der Waals surface area contributed by atoms with Gasteiger partial charge in [-0.25, -0.2) is 4.98 Å². The Morgan fingerprint density at radius 2 is 1.73 bits per heavy atom. The number of rotatable bonds is 9. The Labute approximate surface area is 177 Å². The molecule has 0 aliphatic heterocycles. The minimum absolute atomic E-state index is 0.00263. The van der Waals surface area contributed by atoms with Crippen molar-refractivity contribution in [1.82, 2.24) is 4.98 Å². The summed E-state index contributed by atoms with van der Waals surface area (Å²) in [5.74, 6) is -1.75. The lowest BCUT2D eigenvalue weighted by Crippen LogP contribution is -2.26. The van der Waals surface area contributed by atoms with Crippen LogP contribution in [0.1, 0.15) is 49.2 Å². The minimum Gasteiger partial charge on any atom is -0.503 e. The summed E-state index contributed by atoms with van der Waals surface area (Å²) in [6.45, 7) is 5.46. The number of aromatic hydroxyl groups is 1. The zero-order valence-corrected chi connectivity index (χ0v) is 18.4. The van der Waals surface area contributed by atoms with Gasteiger partial charge in [-0.1, -0.05) is 26.0 Å². The molecule has 1 aromatic heterocycles. The second kappa shape index (κ2) is 10.1. The molecular formula is C23H30N2O5. The van der Waals surface area contributed by atoms with E-state index in [9.17, 15) is 14.7 Å². The van der Waals surface area contributed by atoms with Crippen molar-refractivity contribution >= 4 is 17.4 Å². The van der Waals surface area contributed by atoms with Crippen molar-refractivity contribution < 1.29 is 24.2 Å². The smallest absolute Gasteiger partial charge is 0.309 e. The second-order valence-corrected chi connectivity index (χ2v) is 7.66. The monoisotopic (exact) mass is 414 g/mol. The number of methoxy groups -OCH3 is 1. The molecule has 1 N–H and O–H groups in total. The van der Waals surface area contributed by atoms with Crippen molar-refractivity contribution in [2.24, 2.45) is 5.92 Å². The van der Waals surface area contributed by atoms with Crippen molar-refractivity contribution in [3.63, 3.8) is 0 Å². The maximum Gasteiger partial charge on any atom is 0.309 e. The summed E-state index contributed by atoms with van der Waals surface area (Å²) in [6.07, 6.45) is 0.897. The Bertz CT molecular complexity index is 880. The van der Waals surface area contributed by atoms with E-state index in [4.69, 9.17) is 9.47 Å². The van der Waals surface area contributed by atoms with E-state index in [0.717, 1.165) is 11.3 Å². The average molecular weight is 415 g/mol. The van der Waals surface area contributed by atoms with Gasteiger partial charge < -0.3 is 19.5 Å². The largest absolute Gasteiger partial charge is 0.503 e. The van der Waals surface area contributed by atoms with Gasteiger partial charge in [-0.3, -0.25) is 9.59 Å². The molecule has 0 saturated carbocycles. The fourth-order valence-electron chi connectivity index (χ4n) is 3.01. The van der Waals surface area contributed by atoms with Crippen molar-refractivity contribution in [2.75, 3.05) is 26.1 Å². The lowest BCUT2D eigenvalue weighted by molar-refractivity contribution is -0.153. The second-order valence-electron chi connectivity index (χ2n) is 7.66. The van der Waals surface area contributed by atoms with Gasteiger partial charge in [0.25, 0.3) is 0 Å². The van der Waals surface area contributed by atoms with Crippen LogP contribution in [0.3, 0.4) is 0 Å². The third-order valence-electron chi connectivity index (χ3n) is 5.21. The van der Waals surface area contributed by atoms with Crippen molar-refractivity contribution in [3.05, 3.63) is 47.8 Å². The van der Waals surface area contributed by atoms with Crippen LogP contribution in [0.15, 0.2) is 36.5 Å². The summed E-state index contributed by atoms with van der Waals surface area (Å²) < 4.78 is 10.6. The summed E-state index contributed by atoms with van der Waals surface area (Å²) in [5, 5.41) is 10.1. The van der Waals surface area contributed by atoms with Crippen LogP contribution in [-0.2, 0) is 9.53 Å². The van der Waals surface area contributed by atoms with E-state index in [1.807, 2.05) is 57.1 Å². The number of ether oxygens (including phenoxy) is 2. The minimum atomic E-state index is -0.671. The summed E-state index contributed by atoms with van der Waals surface area (Å²) in [6, 6.07) is 9.55. The number of nitrogens with zero attached hydrogens (tertiary/aromatic N) is 2. The Kier molecular flexibility index (Phi) is 7.80. The molecule has 7 heteroatoms. The molecule has 0 radical (unpaired) electrons.